The molecule has 3 aromatic rings. The van der Waals surface area contributed by atoms with E-state index in [1.54, 1.807) is 29.5 Å². The number of esters is 1. The number of hydrogen-bond acceptors (Lipinski definition) is 7. The molecule has 5 rings (SSSR count). The van der Waals surface area contributed by atoms with Gasteiger partial charge in [-0.3, -0.25) is 4.79 Å². The minimum atomic E-state index is -0.471. The lowest BCUT2D eigenvalue weighted by molar-refractivity contribution is -0.117. The van der Waals surface area contributed by atoms with E-state index in [9.17, 15) is 9.59 Å². The van der Waals surface area contributed by atoms with Crippen LogP contribution in [0.25, 0.3) is 10.6 Å². The molecular weight excluding hydrogens is 378 g/mol. The van der Waals surface area contributed by atoms with Crippen LogP contribution in [0, 0.1) is 0 Å². The van der Waals surface area contributed by atoms with E-state index >= 15 is 0 Å². The zero-order valence-corrected chi connectivity index (χ0v) is 15.7. The summed E-state index contributed by atoms with van der Waals surface area (Å²) in [6, 6.07) is 10.8. The predicted octanol–water partition coefficient (Wildman–Crippen LogP) is 3.68. The Bertz CT molecular complexity index is 1040. The van der Waals surface area contributed by atoms with Gasteiger partial charge in [-0.2, -0.15) is 0 Å². The lowest BCUT2D eigenvalue weighted by Crippen LogP contribution is -2.43. The lowest BCUT2D eigenvalue weighted by atomic mass is 10.1. The molecule has 2 aliphatic heterocycles. The summed E-state index contributed by atoms with van der Waals surface area (Å²) in [6.07, 6.45) is 1.85. The average Bonchev–Trinajstić information content (AvgIpc) is 3.47. The van der Waals surface area contributed by atoms with Crippen LogP contribution in [0.3, 0.4) is 0 Å². The maximum absolute atomic E-state index is 12.4. The van der Waals surface area contributed by atoms with Gasteiger partial charge in [-0.15, -0.1) is 11.3 Å². The van der Waals surface area contributed by atoms with Gasteiger partial charge in [0, 0.05) is 12.6 Å². The first-order chi connectivity index (χ1) is 13.7. The van der Waals surface area contributed by atoms with Crippen LogP contribution in [0.2, 0.25) is 0 Å². The predicted molar refractivity (Wildman–Crippen MR) is 104 cm³/mol. The molecule has 0 bridgehead atoms. The number of anilines is 2. The molecule has 28 heavy (non-hydrogen) atoms. The standard InChI is InChI=1S/C20H17N3O4S/c24-19-16-3-1-7-23(16)15-6-5-12(9-14(15)21-19)20(25)26-11-13-10-17(27-22-13)18-4-2-8-28-18/h2,4-6,8-10,16H,1,3,7,11H2,(H,21,24)/t16-/m1/s1. The molecule has 0 saturated carbocycles. The Balaban J connectivity index is 1.29. The van der Waals surface area contributed by atoms with Crippen molar-refractivity contribution in [3.05, 3.63) is 53.0 Å². The van der Waals surface area contributed by atoms with Gasteiger partial charge >= 0.3 is 5.97 Å². The quantitative estimate of drug-likeness (QED) is 0.679. The van der Waals surface area contributed by atoms with Gasteiger partial charge in [-0.05, 0) is 42.5 Å². The number of ether oxygens (including phenoxy) is 1. The van der Waals surface area contributed by atoms with Gasteiger partial charge in [0.15, 0.2) is 5.76 Å². The van der Waals surface area contributed by atoms with Gasteiger partial charge in [-0.25, -0.2) is 4.79 Å². The number of rotatable bonds is 4. The molecule has 0 spiro atoms. The summed E-state index contributed by atoms with van der Waals surface area (Å²) in [6.45, 7) is 0.874. The molecule has 1 saturated heterocycles. The lowest BCUT2D eigenvalue weighted by Gasteiger charge is -2.33. The first kappa shape index (κ1) is 17.0. The van der Waals surface area contributed by atoms with E-state index < -0.39 is 5.97 Å². The third-order valence-electron chi connectivity index (χ3n) is 5.03. The van der Waals surface area contributed by atoms with Crippen molar-refractivity contribution in [1.82, 2.24) is 5.16 Å². The molecule has 1 amide bonds. The fourth-order valence-electron chi connectivity index (χ4n) is 3.69. The number of carbonyl (C=O) groups is 2. The maximum Gasteiger partial charge on any atom is 0.338 e. The minimum absolute atomic E-state index is 0.0146. The molecule has 1 N–H and O–H groups in total. The summed E-state index contributed by atoms with van der Waals surface area (Å²) < 4.78 is 10.7. The molecule has 1 atom stereocenters. The third-order valence-corrected chi connectivity index (χ3v) is 5.91. The number of thiophene rings is 1. The highest BCUT2D eigenvalue weighted by atomic mass is 32.1. The number of amides is 1. The second kappa shape index (κ2) is 6.79. The SMILES string of the molecule is O=C(OCc1cc(-c2cccs2)on1)c1ccc2c(c1)NC(=O)[C@H]1CCCN21. The van der Waals surface area contributed by atoms with E-state index in [4.69, 9.17) is 9.26 Å². The van der Waals surface area contributed by atoms with Crippen LogP contribution in [-0.4, -0.2) is 29.6 Å². The van der Waals surface area contributed by atoms with Crippen LogP contribution < -0.4 is 10.2 Å². The van der Waals surface area contributed by atoms with E-state index in [-0.39, 0.29) is 18.6 Å². The van der Waals surface area contributed by atoms with Crippen molar-refractivity contribution >= 4 is 34.6 Å². The Labute approximate surface area is 164 Å². The first-order valence-electron chi connectivity index (χ1n) is 9.07. The fourth-order valence-corrected chi connectivity index (χ4v) is 4.37. The highest BCUT2D eigenvalue weighted by molar-refractivity contribution is 7.13. The minimum Gasteiger partial charge on any atom is -0.455 e. The van der Waals surface area contributed by atoms with E-state index in [1.807, 2.05) is 23.6 Å². The summed E-state index contributed by atoms with van der Waals surface area (Å²) >= 11 is 1.55. The summed E-state index contributed by atoms with van der Waals surface area (Å²) in [5.41, 5.74) is 2.54. The van der Waals surface area contributed by atoms with E-state index in [2.05, 4.69) is 15.4 Å². The normalized spacial score (nSPS) is 17.8. The van der Waals surface area contributed by atoms with Gasteiger partial charge in [0.2, 0.25) is 5.91 Å². The smallest absolute Gasteiger partial charge is 0.338 e. The fraction of sp³-hybridized carbons (Fsp3) is 0.250. The molecule has 8 heteroatoms. The molecule has 7 nitrogen and oxygen atoms in total. The van der Waals surface area contributed by atoms with Crippen molar-refractivity contribution in [2.75, 3.05) is 16.8 Å². The number of carbonyl (C=O) groups excluding carboxylic acids is 2. The zero-order chi connectivity index (χ0) is 19.1. The summed E-state index contributed by atoms with van der Waals surface area (Å²) in [5.74, 6) is 0.165. The van der Waals surface area contributed by atoms with Crippen molar-refractivity contribution < 1.29 is 18.8 Å². The molecule has 0 aliphatic carbocycles. The number of hydrogen-bond donors (Lipinski definition) is 1. The monoisotopic (exact) mass is 395 g/mol. The Morgan fingerprint density at radius 1 is 1.36 bits per heavy atom. The Kier molecular flexibility index (Phi) is 4.12. The van der Waals surface area contributed by atoms with Crippen LogP contribution in [0.15, 0.2) is 46.3 Å². The van der Waals surface area contributed by atoms with Crippen LogP contribution >= 0.6 is 11.3 Å². The van der Waals surface area contributed by atoms with Gasteiger partial charge in [-0.1, -0.05) is 11.2 Å². The molecule has 4 heterocycles. The number of benzene rings is 1. The van der Waals surface area contributed by atoms with Crippen LogP contribution in [0.5, 0.6) is 0 Å². The number of nitrogens with zero attached hydrogens (tertiary/aromatic N) is 2. The van der Waals surface area contributed by atoms with Gasteiger partial charge in [0.05, 0.1) is 21.8 Å². The summed E-state index contributed by atoms with van der Waals surface area (Å²) in [5, 5.41) is 8.80. The third kappa shape index (κ3) is 2.95. The van der Waals surface area contributed by atoms with Crippen LogP contribution in [-0.2, 0) is 16.1 Å². The van der Waals surface area contributed by atoms with E-state index in [0.717, 1.165) is 30.0 Å². The average molecular weight is 395 g/mol. The highest BCUT2D eigenvalue weighted by Crippen LogP contribution is 2.37. The Hall–Kier alpha value is -3.13. The Morgan fingerprint density at radius 3 is 3.14 bits per heavy atom. The molecule has 2 aromatic heterocycles. The number of fused-ring (bicyclic) bond motifs is 3. The first-order valence-corrected chi connectivity index (χ1v) is 9.95. The van der Waals surface area contributed by atoms with Crippen molar-refractivity contribution in [3.8, 4) is 10.6 Å². The van der Waals surface area contributed by atoms with Crippen molar-refractivity contribution in [2.45, 2.75) is 25.5 Å². The number of aromatic nitrogens is 1. The second-order valence-electron chi connectivity index (χ2n) is 6.81. The van der Waals surface area contributed by atoms with Gasteiger partial charge in [0.25, 0.3) is 0 Å². The van der Waals surface area contributed by atoms with E-state index in [0.29, 0.717) is 22.7 Å². The van der Waals surface area contributed by atoms with Crippen LogP contribution in [0.1, 0.15) is 28.9 Å². The van der Waals surface area contributed by atoms with Gasteiger partial charge in [0.1, 0.15) is 18.3 Å². The molecule has 1 fully saturated rings. The number of nitrogens with one attached hydrogen (secondary N) is 1. The van der Waals surface area contributed by atoms with E-state index in [1.165, 1.54) is 0 Å². The van der Waals surface area contributed by atoms with Crippen molar-refractivity contribution in [1.29, 1.82) is 0 Å². The summed E-state index contributed by atoms with van der Waals surface area (Å²) in [7, 11) is 0. The molecule has 0 radical (unpaired) electrons. The van der Waals surface area contributed by atoms with Crippen molar-refractivity contribution in [2.24, 2.45) is 0 Å². The molecule has 0 unspecified atom stereocenters. The molecule has 2 aliphatic rings. The largest absolute Gasteiger partial charge is 0.455 e. The summed E-state index contributed by atoms with van der Waals surface area (Å²) in [4.78, 5) is 27.8. The molecular formula is C20H17N3O4S. The van der Waals surface area contributed by atoms with Gasteiger partial charge < -0.3 is 19.5 Å². The van der Waals surface area contributed by atoms with Crippen LogP contribution in [0.4, 0.5) is 11.4 Å². The molecule has 142 valence electrons. The Morgan fingerprint density at radius 2 is 2.29 bits per heavy atom. The van der Waals surface area contributed by atoms with Crippen molar-refractivity contribution in [3.63, 3.8) is 0 Å². The second-order valence-corrected chi connectivity index (χ2v) is 7.76. The maximum atomic E-state index is 12.4. The highest BCUT2D eigenvalue weighted by Gasteiger charge is 2.36. The topological polar surface area (TPSA) is 84.7 Å². The zero-order valence-electron chi connectivity index (χ0n) is 14.9. The molecule has 1 aromatic carbocycles.